The third-order valence-electron chi connectivity index (χ3n) is 2.26. The number of rotatable bonds is 1. The van der Waals surface area contributed by atoms with Crippen molar-refractivity contribution in [2.75, 3.05) is 0 Å². The molecule has 1 fully saturated rings. The highest BCUT2D eigenvalue weighted by Crippen LogP contribution is 2.25. The van der Waals surface area contributed by atoms with Gasteiger partial charge in [-0.25, -0.2) is 0 Å². The van der Waals surface area contributed by atoms with Crippen molar-refractivity contribution in [3.63, 3.8) is 0 Å². The van der Waals surface area contributed by atoms with E-state index in [1.807, 2.05) is 20.8 Å². The Morgan fingerprint density at radius 3 is 2.27 bits per heavy atom. The van der Waals surface area contributed by atoms with Gasteiger partial charge in [0.15, 0.2) is 5.11 Å². The topological polar surface area (TPSA) is 53.2 Å². The first kappa shape index (κ1) is 12.2. The molecule has 0 unspecified atom stereocenters. The Labute approximate surface area is 96.2 Å². The van der Waals surface area contributed by atoms with E-state index in [1.54, 1.807) is 0 Å². The van der Waals surface area contributed by atoms with Crippen LogP contribution in [0.5, 0.6) is 0 Å². The van der Waals surface area contributed by atoms with Crippen LogP contribution >= 0.6 is 12.2 Å². The average Bonchev–Trinajstić information content (AvgIpc) is 1.94. The van der Waals surface area contributed by atoms with Gasteiger partial charge in [-0.15, -0.1) is 0 Å². The Balaban J connectivity index is 2.18. The maximum Gasteiger partial charge on any atom is 0.241 e. The average molecular weight is 229 g/mol. The summed E-state index contributed by atoms with van der Waals surface area (Å²) in [7, 11) is 0. The zero-order chi connectivity index (χ0) is 11.5. The van der Waals surface area contributed by atoms with E-state index >= 15 is 0 Å². The number of hydrogen-bond acceptors (Lipinski definition) is 2. The summed E-state index contributed by atoms with van der Waals surface area (Å²) in [6, 6.07) is 0. The van der Waals surface area contributed by atoms with Gasteiger partial charge in [0.25, 0.3) is 0 Å². The van der Waals surface area contributed by atoms with Crippen molar-refractivity contribution in [3.8, 4) is 0 Å². The number of thiocarbonyl (C=S) groups is 1. The van der Waals surface area contributed by atoms with Crippen molar-refractivity contribution in [1.82, 2.24) is 16.2 Å². The standard InChI is InChI=1S/C10H19N3OS/c1-10(2,3)11-9(15)13-12-8(14)7-5-4-6-7/h7H,4-6H2,1-3H3,(H,12,14)(H2,11,13,15). The number of carbonyl (C=O) groups is 1. The van der Waals surface area contributed by atoms with E-state index in [0.717, 1.165) is 19.3 Å². The zero-order valence-corrected chi connectivity index (χ0v) is 10.3. The molecule has 0 aromatic heterocycles. The first-order valence-electron chi connectivity index (χ1n) is 5.26. The maximum absolute atomic E-state index is 11.4. The summed E-state index contributed by atoms with van der Waals surface area (Å²) in [5.41, 5.74) is 5.23. The van der Waals surface area contributed by atoms with Gasteiger partial charge < -0.3 is 5.32 Å². The highest BCUT2D eigenvalue weighted by atomic mass is 32.1. The monoisotopic (exact) mass is 229 g/mol. The molecule has 0 radical (unpaired) electrons. The van der Waals surface area contributed by atoms with Gasteiger partial charge >= 0.3 is 0 Å². The normalized spacial score (nSPS) is 16.5. The number of carbonyl (C=O) groups excluding carboxylic acids is 1. The molecule has 0 bridgehead atoms. The van der Waals surface area contributed by atoms with E-state index in [0.29, 0.717) is 5.11 Å². The van der Waals surface area contributed by atoms with Crippen molar-refractivity contribution in [2.45, 2.75) is 45.6 Å². The summed E-state index contributed by atoms with van der Waals surface area (Å²) >= 11 is 5.02. The van der Waals surface area contributed by atoms with Crippen LogP contribution in [0.15, 0.2) is 0 Å². The highest BCUT2D eigenvalue weighted by Gasteiger charge is 2.25. The maximum atomic E-state index is 11.4. The summed E-state index contributed by atoms with van der Waals surface area (Å²) in [5, 5.41) is 3.51. The minimum atomic E-state index is -0.0920. The molecule has 0 aromatic rings. The number of hydrazine groups is 1. The van der Waals surface area contributed by atoms with Crippen molar-refractivity contribution < 1.29 is 4.79 Å². The van der Waals surface area contributed by atoms with E-state index < -0.39 is 0 Å². The molecular formula is C10H19N3OS. The molecule has 4 nitrogen and oxygen atoms in total. The molecule has 1 aliphatic carbocycles. The predicted molar refractivity (Wildman–Crippen MR) is 64.1 cm³/mol. The lowest BCUT2D eigenvalue weighted by atomic mass is 9.85. The van der Waals surface area contributed by atoms with Gasteiger partial charge in [0, 0.05) is 11.5 Å². The van der Waals surface area contributed by atoms with E-state index in [4.69, 9.17) is 12.2 Å². The SMILES string of the molecule is CC(C)(C)NC(=S)NNC(=O)C1CCC1. The molecule has 0 atom stereocenters. The minimum absolute atomic E-state index is 0.0410. The van der Waals surface area contributed by atoms with Gasteiger partial charge in [-0.05, 0) is 45.8 Å². The smallest absolute Gasteiger partial charge is 0.241 e. The molecule has 1 amide bonds. The van der Waals surface area contributed by atoms with Crippen LogP contribution in [0.25, 0.3) is 0 Å². The van der Waals surface area contributed by atoms with E-state index in [1.165, 1.54) is 0 Å². The lowest BCUT2D eigenvalue weighted by Gasteiger charge is -2.26. The van der Waals surface area contributed by atoms with E-state index in [-0.39, 0.29) is 17.4 Å². The fourth-order valence-electron chi connectivity index (χ4n) is 1.26. The summed E-state index contributed by atoms with van der Waals surface area (Å²) in [6.45, 7) is 6.03. The van der Waals surface area contributed by atoms with Crippen molar-refractivity contribution in [3.05, 3.63) is 0 Å². The second-order valence-corrected chi connectivity index (χ2v) is 5.35. The summed E-state index contributed by atoms with van der Waals surface area (Å²) in [5.74, 6) is 0.217. The molecule has 0 aliphatic heterocycles. The Bertz CT molecular complexity index is 256. The minimum Gasteiger partial charge on any atom is -0.357 e. The molecule has 5 heteroatoms. The fraction of sp³-hybridized carbons (Fsp3) is 0.800. The third-order valence-corrected chi connectivity index (χ3v) is 2.47. The second-order valence-electron chi connectivity index (χ2n) is 4.95. The largest absolute Gasteiger partial charge is 0.357 e. The molecule has 1 aliphatic rings. The Kier molecular flexibility index (Phi) is 3.90. The molecule has 0 saturated heterocycles. The van der Waals surface area contributed by atoms with Gasteiger partial charge in [-0.2, -0.15) is 0 Å². The van der Waals surface area contributed by atoms with Crippen LogP contribution in [-0.2, 0) is 4.79 Å². The van der Waals surface area contributed by atoms with Crippen molar-refractivity contribution >= 4 is 23.2 Å². The summed E-state index contributed by atoms with van der Waals surface area (Å²) in [6.07, 6.45) is 3.14. The highest BCUT2D eigenvalue weighted by molar-refractivity contribution is 7.80. The van der Waals surface area contributed by atoms with Crippen LogP contribution in [0.3, 0.4) is 0 Å². The molecule has 1 saturated carbocycles. The van der Waals surface area contributed by atoms with E-state index in [9.17, 15) is 4.79 Å². The molecule has 15 heavy (non-hydrogen) atoms. The number of nitrogens with one attached hydrogen (secondary N) is 3. The van der Waals surface area contributed by atoms with Crippen LogP contribution in [0, 0.1) is 5.92 Å². The molecule has 0 spiro atoms. The van der Waals surface area contributed by atoms with Gasteiger partial charge in [0.05, 0.1) is 0 Å². The van der Waals surface area contributed by atoms with E-state index in [2.05, 4.69) is 16.2 Å². The van der Waals surface area contributed by atoms with Gasteiger partial charge in [-0.3, -0.25) is 15.6 Å². The second kappa shape index (κ2) is 4.79. The summed E-state index contributed by atoms with van der Waals surface area (Å²) in [4.78, 5) is 11.4. The molecule has 0 heterocycles. The van der Waals surface area contributed by atoms with Crippen molar-refractivity contribution in [2.24, 2.45) is 5.92 Å². The van der Waals surface area contributed by atoms with Crippen LogP contribution in [0.2, 0.25) is 0 Å². The lowest BCUT2D eigenvalue weighted by molar-refractivity contribution is -0.127. The fourth-order valence-corrected chi connectivity index (χ4v) is 1.62. The van der Waals surface area contributed by atoms with Crippen LogP contribution in [0.4, 0.5) is 0 Å². The Morgan fingerprint density at radius 2 is 1.87 bits per heavy atom. The predicted octanol–water partition coefficient (Wildman–Crippen LogP) is 1.08. The Hall–Kier alpha value is -0.840. The first-order valence-corrected chi connectivity index (χ1v) is 5.67. The molecular weight excluding hydrogens is 210 g/mol. The van der Waals surface area contributed by atoms with Gasteiger partial charge in [0.1, 0.15) is 0 Å². The molecule has 86 valence electrons. The number of hydrogen-bond donors (Lipinski definition) is 3. The zero-order valence-electron chi connectivity index (χ0n) is 9.52. The Morgan fingerprint density at radius 1 is 1.27 bits per heavy atom. The third kappa shape index (κ3) is 4.46. The van der Waals surface area contributed by atoms with Crippen LogP contribution in [0.1, 0.15) is 40.0 Å². The quantitative estimate of drug-likeness (QED) is 0.465. The van der Waals surface area contributed by atoms with Crippen LogP contribution < -0.4 is 16.2 Å². The van der Waals surface area contributed by atoms with Crippen LogP contribution in [-0.4, -0.2) is 16.6 Å². The van der Waals surface area contributed by atoms with Crippen molar-refractivity contribution in [1.29, 1.82) is 0 Å². The lowest BCUT2D eigenvalue weighted by Crippen LogP contribution is -2.53. The van der Waals surface area contributed by atoms with Gasteiger partial charge in [-0.1, -0.05) is 6.42 Å². The number of amides is 1. The van der Waals surface area contributed by atoms with Gasteiger partial charge in [0.2, 0.25) is 5.91 Å². The summed E-state index contributed by atoms with van der Waals surface area (Å²) < 4.78 is 0. The molecule has 0 aromatic carbocycles. The molecule has 3 N–H and O–H groups in total. The first-order chi connectivity index (χ1) is 6.88. The molecule has 1 rings (SSSR count).